The Morgan fingerprint density at radius 2 is 2.05 bits per heavy atom. The standard InChI is InChI=1S/C12H20N2O6/c1-7(2)9(10(15)16)13-12(18)14-4-5-20-6-8(14)11(17)19-3/h7-9H,4-6H2,1-3H3,(H,13,18)(H,15,16). The van der Waals surface area contributed by atoms with E-state index >= 15 is 0 Å². The average Bonchev–Trinajstić information content (AvgIpc) is 2.42. The van der Waals surface area contributed by atoms with Crippen LogP contribution in [0.4, 0.5) is 4.79 Å². The van der Waals surface area contributed by atoms with E-state index in [0.29, 0.717) is 6.61 Å². The van der Waals surface area contributed by atoms with Crippen LogP contribution in [-0.2, 0) is 19.1 Å². The number of carbonyl (C=O) groups excluding carboxylic acids is 2. The van der Waals surface area contributed by atoms with Crippen molar-refractivity contribution in [2.24, 2.45) is 5.92 Å². The smallest absolute Gasteiger partial charge is 0.331 e. The van der Waals surface area contributed by atoms with Crippen molar-refractivity contribution in [2.75, 3.05) is 26.9 Å². The van der Waals surface area contributed by atoms with Gasteiger partial charge in [-0.05, 0) is 5.92 Å². The van der Waals surface area contributed by atoms with Gasteiger partial charge in [0.1, 0.15) is 6.04 Å². The molecule has 2 N–H and O–H groups in total. The maximum atomic E-state index is 12.1. The highest BCUT2D eigenvalue weighted by molar-refractivity contribution is 5.87. The van der Waals surface area contributed by atoms with Crippen molar-refractivity contribution in [1.82, 2.24) is 10.2 Å². The largest absolute Gasteiger partial charge is 0.480 e. The Bertz CT molecular complexity index is 384. The number of carboxylic acid groups (broad SMARTS) is 1. The summed E-state index contributed by atoms with van der Waals surface area (Å²) in [6.45, 7) is 3.92. The van der Waals surface area contributed by atoms with Crippen molar-refractivity contribution >= 4 is 18.0 Å². The zero-order chi connectivity index (χ0) is 15.3. The molecule has 0 spiro atoms. The van der Waals surface area contributed by atoms with Crippen LogP contribution >= 0.6 is 0 Å². The van der Waals surface area contributed by atoms with E-state index in [9.17, 15) is 14.4 Å². The van der Waals surface area contributed by atoms with Crippen LogP contribution in [0.15, 0.2) is 0 Å². The number of esters is 1. The van der Waals surface area contributed by atoms with Gasteiger partial charge in [0.05, 0.1) is 20.3 Å². The summed E-state index contributed by atoms with van der Waals surface area (Å²) in [5, 5.41) is 11.5. The van der Waals surface area contributed by atoms with Gasteiger partial charge in [-0.1, -0.05) is 13.8 Å². The molecule has 1 aliphatic heterocycles. The number of urea groups is 1. The number of morpholine rings is 1. The molecule has 8 heteroatoms. The molecule has 0 aromatic carbocycles. The molecule has 0 bridgehead atoms. The molecular weight excluding hydrogens is 268 g/mol. The van der Waals surface area contributed by atoms with Gasteiger partial charge >= 0.3 is 18.0 Å². The second-order valence-corrected chi connectivity index (χ2v) is 4.82. The molecule has 0 aromatic rings. The molecule has 2 amide bonds. The summed E-state index contributed by atoms with van der Waals surface area (Å²) in [7, 11) is 1.22. The van der Waals surface area contributed by atoms with E-state index in [1.165, 1.54) is 12.0 Å². The Morgan fingerprint density at radius 1 is 1.40 bits per heavy atom. The van der Waals surface area contributed by atoms with Crippen molar-refractivity contribution in [3.63, 3.8) is 0 Å². The van der Waals surface area contributed by atoms with Crippen LogP contribution in [0, 0.1) is 5.92 Å². The van der Waals surface area contributed by atoms with Gasteiger partial charge in [-0.15, -0.1) is 0 Å². The van der Waals surface area contributed by atoms with Gasteiger partial charge in [-0.3, -0.25) is 0 Å². The molecule has 1 fully saturated rings. The van der Waals surface area contributed by atoms with E-state index in [2.05, 4.69) is 10.1 Å². The fourth-order valence-electron chi connectivity index (χ4n) is 1.91. The predicted molar refractivity (Wildman–Crippen MR) is 68.1 cm³/mol. The molecule has 1 aliphatic rings. The van der Waals surface area contributed by atoms with Crippen LogP contribution in [0.5, 0.6) is 0 Å². The Balaban J connectivity index is 2.77. The summed E-state index contributed by atoms with van der Waals surface area (Å²) in [5.41, 5.74) is 0. The van der Waals surface area contributed by atoms with Crippen molar-refractivity contribution in [2.45, 2.75) is 25.9 Å². The lowest BCUT2D eigenvalue weighted by Crippen LogP contribution is -2.58. The average molecular weight is 288 g/mol. The summed E-state index contributed by atoms with van der Waals surface area (Å²) in [6.07, 6.45) is 0. The minimum Gasteiger partial charge on any atom is -0.480 e. The van der Waals surface area contributed by atoms with Gasteiger partial charge in [-0.2, -0.15) is 0 Å². The van der Waals surface area contributed by atoms with Gasteiger partial charge in [0, 0.05) is 6.54 Å². The first-order chi connectivity index (χ1) is 9.38. The summed E-state index contributed by atoms with van der Waals surface area (Å²) < 4.78 is 9.76. The third-order valence-corrected chi connectivity index (χ3v) is 3.07. The van der Waals surface area contributed by atoms with Crippen molar-refractivity contribution in [3.8, 4) is 0 Å². The zero-order valence-corrected chi connectivity index (χ0v) is 11.8. The molecular formula is C12H20N2O6. The number of ether oxygens (including phenoxy) is 2. The number of methoxy groups -OCH3 is 1. The number of amides is 2. The third kappa shape index (κ3) is 3.83. The normalized spacial score (nSPS) is 20.4. The van der Waals surface area contributed by atoms with Crippen LogP contribution in [0.3, 0.4) is 0 Å². The zero-order valence-electron chi connectivity index (χ0n) is 11.8. The number of aliphatic carboxylic acids is 1. The Labute approximate surface area is 117 Å². The lowest BCUT2D eigenvalue weighted by Gasteiger charge is -2.34. The second-order valence-electron chi connectivity index (χ2n) is 4.82. The predicted octanol–water partition coefficient (Wildman–Crippen LogP) is -0.321. The van der Waals surface area contributed by atoms with Crippen LogP contribution < -0.4 is 5.32 Å². The van der Waals surface area contributed by atoms with Crippen LogP contribution in [-0.4, -0.2) is 66.9 Å². The van der Waals surface area contributed by atoms with Crippen LogP contribution in [0.2, 0.25) is 0 Å². The summed E-state index contributed by atoms with van der Waals surface area (Å²) in [6, 6.07) is -2.47. The number of carbonyl (C=O) groups is 3. The molecule has 0 radical (unpaired) electrons. The number of hydrogen-bond acceptors (Lipinski definition) is 5. The second kappa shape index (κ2) is 7.09. The van der Waals surface area contributed by atoms with E-state index in [1.54, 1.807) is 13.8 Å². The minimum atomic E-state index is -1.11. The molecule has 1 rings (SSSR count). The number of rotatable bonds is 4. The van der Waals surface area contributed by atoms with E-state index in [-0.39, 0.29) is 19.1 Å². The summed E-state index contributed by atoms with van der Waals surface area (Å²) in [5.74, 6) is -1.97. The van der Waals surface area contributed by atoms with Gasteiger partial charge in [0.25, 0.3) is 0 Å². The van der Waals surface area contributed by atoms with Gasteiger partial charge in [-0.25, -0.2) is 14.4 Å². The highest BCUT2D eigenvalue weighted by Crippen LogP contribution is 2.10. The van der Waals surface area contributed by atoms with Gasteiger partial charge in [0.2, 0.25) is 0 Å². The lowest BCUT2D eigenvalue weighted by atomic mass is 10.1. The first-order valence-corrected chi connectivity index (χ1v) is 6.34. The molecule has 1 heterocycles. The molecule has 114 valence electrons. The lowest BCUT2D eigenvalue weighted by molar-refractivity contribution is -0.151. The van der Waals surface area contributed by atoms with E-state index in [0.717, 1.165) is 0 Å². The first-order valence-electron chi connectivity index (χ1n) is 6.34. The maximum absolute atomic E-state index is 12.1. The molecule has 2 unspecified atom stereocenters. The molecule has 8 nitrogen and oxygen atoms in total. The molecule has 20 heavy (non-hydrogen) atoms. The number of nitrogens with zero attached hydrogens (tertiary/aromatic N) is 1. The first kappa shape index (κ1) is 16.2. The van der Waals surface area contributed by atoms with E-state index in [1.807, 2.05) is 0 Å². The molecule has 0 saturated carbocycles. The fraction of sp³-hybridized carbons (Fsp3) is 0.750. The number of nitrogens with one attached hydrogen (secondary N) is 1. The summed E-state index contributed by atoms with van der Waals surface area (Å²) >= 11 is 0. The van der Waals surface area contributed by atoms with Crippen molar-refractivity contribution in [3.05, 3.63) is 0 Å². The van der Waals surface area contributed by atoms with E-state index < -0.39 is 30.1 Å². The van der Waals surface area contributed by atoms with E-state index in [4.69, 9.17) is 9.84 Å². The van der Waals surface area contributed by atoms with Crippen LogP contribution in [0.25, 0.3) is 0 Å². The third-order valence-electron chi connectivity index (χ3n) is 3.07. The molecule has 1 saturated heterocycles. The Hall–Kier alpha value is -1.83. The number of carboxylic acids is 1. The highest BCUT2D eigenvalue weighted by atomic mass is 16.5. The maximum Gasteiger partial charge on any atom is 0.331 e. The topological polar surface area (TPSA) is 105 Å². The fourth-order valence-corrected chi connectivity index (χ4v) is 1.91. The quantitative estimate of drug-likeness (QED) is 0.687. The Kier molecular flexibility index (Phi) is 5.75. The summed E-state index contributed by atoms with van der Waals surface area (Å²) in [4.78, 5) is 36.1. The highest BCUT2D eigenvalue weighted by Gasteiger charge is 2.35. The van der Waals surface area contributed by atoms with Gasteiger partial charge < -0.3 is 24.8 Å². The van der Waals surface area contributed by atoms with Gasteiger partial charge in [0.15, 0.2) is 6.04 Å². The SMILES string of the molecule is COC(=O)C1COCCN1C(=O)NC(C(=O)O)C(C)C. The van der Waals surface area contributed by atoms with Crippen LogP contribution in [0.1, 0.15) is 13.8 Å². The molecule has 2 atom stereocenters. The molecule has 0 aliphatic carbocycles. The van der Waals surface area contributed by atoms with Crippen molar-refractivity contribution < 1.29 is 29.0 Å². The monoisotopic (exact) mass is 288 g/mol. The molecule has 0 aromatic heterocycles. The number of hydrogen-bond donors (Lipinski definition) is 2. The minimum absolute atomic E-state index is 0.0412. The Morgan fingerprint density at radius 3 is 2.55 bits per heavy atom. The van der Waals surface area contributed by atoms with Crippen molar-refractivity contribution in [1.29, 1.82) is 0 Å².